The van der Waals surface area contributed by atoms with Crippen LogP contribution in [0.25, 0.3) is 0 Å². The molecule has 1 aromatic rings. The van der Waals surface area contributed by atoms with E-state index in [1.54, 1.807) is 0 Å². The van der Waals surface area contributed by atoms with Crippen molar-refractivity contribution in [3.8, 4) is 0 Å². The molecule has 0 unspecified atom stereocenters. The molecule has 20 heavy (non-hydrogen) atoms. The van der Waals surface area contributed by atoms with Crippen LogP contribution in [0.1, 0.15) is 63.1 Å². The van der Waals surface area contributed by atoms with Crippen molar-refractivity contribution >= 4 is 11.7 Å². The number of aryl methyl sites for hydroxylation is 1. The SMILES string of the molecule is CCCCc1c(C)nc(NN=C2CCCCC2)[nH]c1=O. The lowest BCUT2D eigenvalue weighted by Crippen LogP contribution is -2.18. The fourth-order valence-corrected chi connectivity index (χ4v) is 2.52. The standard InChI is InChI=1S/C15H24N4O/c1-3-4-10-13-11(2)16-15(17-14(13)20)19-18-12-8-6-5-7-9-12/h3-10H2,1-2H3,(H2,16,17,19,20). The Kier molecular flexibility index (Phi) is 5.32. The summed E-state index contributed by atoms with van der Waals surface area (Å²) in [7, 11) is 0. The van der Waals surface area contributed by atoms with Crippen LogP contribution in [0, 0.1) is 6.92 Å². The molecule has 0 atom stereocenters. The first kappa shape index (κ1) is 14.8. The van der Waals surface area contributed by atoms with Crippen LogP contribution in [0.3, 0.4) is 0 Å². The van der Waals surface area contributed by atoms with Gasteiger partial charge < -0.3 is 0 Å². The van der Waals surface area contributed by atoms with Gasteiger partial charge in [0.2, 0.25) is 5.95 Å². The monoisotopic (exact) mass is 276 g/mol. The van der Waals surface area contributed by atoms with Gasteiger partial charge in [0.15, 0.2) is 0 Å². The van der Waals surface area contributed by atoms with E-state index in [0.717, 1.165) is 43.4 Å². The van der Waals surface area contributed by atoms with Gasteiger partial charge in [-0.3, -0.25) is 9.78 Å². The van der Waals surface area contributed by atoms with Crippen LogP contribution in [0.15, 0.2) is 9.90 Å². The number of H-pyrrole nitrogens is 1. The number of hydrogen-bond acceptors (Lipinski definition) is 4. The van der Waals surface area contributed by atoms with Gasteiger partial charge in [-0.05, 0) is 45.4 Å². The van der Waals surface area contributed by atoms with E-state index in [1.807, 2.05) is 6.92 Å². The molecule has 1 heterocycles. The van der Waals surface area contributed by atoms with Crippen molar-refractivity contribution in [1.29, 1.82) is 0 Å². The van der Waals surface area contributed by atoms with Crippen LogP contribution in [0.5, 0.6) is 0 Å². The summed E-state index contributed by atoms with van der Waals surface area (Å²) in [6, 6.07) is 0. The van der Waals surface area contributed by atoms with E-state index in [-0.39, 0.29) is 5.56 Å². The molecule has 1 saturated carbocycles. The topological polar surface area (TPSA) is 70.1 Å². The second-order valence-corrected chi connectivity index (χ2v) is 5.43. The first-order chi connectivity index (χ1) is 9.70. The Labute approximate surface area is 119 Å². The Balaban J connectivity index is 2.07. The molecule has 1 fully saturated rings. The lowest BCUT2D eigenvalue weighted by molar-refractivity contribution is 0.665. The molecule has 5 heteroatoms. The lowest BCUT2D eigenvalue weighted by Gasteiger charge is -2.12. The first-order valence-corrected chi connectivity index (χ1v) is 7.62. The minimum atomic E-state index is -0.0442. The van der Waals surface area contributed by atoms with Crippen molar-refractivity contribution in [3.63, 3.8) is 0 Å². The zero-order valence-electron chi connectivity index (χ0n) is 12.5. The summed E-state index contributed by atoms with van der Waals surface area (Å²) >= 11 is 0. The second kappa shape index (κ2) is 7.22. The largest absolute Gasteiger partial charge is 0.291 e. The molecule has 0 aliphatic heterocycles. The zero-order chi connectivity index (χ0) is 14.4. The molecule has 2 N–H and O–H groups in total. The van der Waals surface area contributed by atoms with Gasteiger partial charge in [0.1, 0.15) is 0 Å². The van der Waals surface area contributed by atoms with Gasteiger partial charge in [0.05, 0.1) is 0 Å². The van der Waals surface area contributed by atoms with Crippen LogP contribution in [0.2, 0.25) is 0 Å². The summed E-state index contributed by atoms with van der Waals surface area (Å²) in [5.41, 5.74) is 5.62. The molecule has 110 valence electrons. The third-order valence-corrected chi connectivity index (χ3v) is 3.75. The van der Waals surface area contributed by atoms with Crippen LogP contribution in [0.4, 0.5) is 5.95 Å². The maximum atomic E-state index is 12.0. The average Bonchev–Trinajstić information content (AvgIpc) is 2.45. The second-order valence-electron chi connectivity index (χ2n) is 5.43. The smallest absolute Gasteiger partial charge is 0.255 e. The van der Waals surface area contributed by atoms with Crippen molar-refractivity contribution in [2.75, 3.05) is 5.43 Å². The number of hydrazone groups is 1. The molecule has 0 aromatic carbocycles. The number of aromatic nitrogens is 2. The zero-order valence-corrected chi connectivity index (χ0v) is 12.5. The predicted octanol–water partition coefficient (Wildman–Crippen LogP) is 3.15. The molecule has 0 saturated heterocycles. The maximum absolute atomic E-state index is 12.0. The molecule has 0 bridgehead atoms. The molecule has 2 rings (SSSR count). The van der Waals surface area contributed by atoms with E-state index in [4.69, 9.17) is 0 Å². The molecule has 0 amide bonds. The lowest BCUT2D eigenvalue weighted by atomic mass is 9.99. The number of aromatic amines is 1. The summed E-state index contributed by atoms with van der Waals surface area (Å²) in [5, 5.41) is 4.36. The van der Waals surface area contributed by atoms with Gasteiger partial charge in [-0.25, -0.2) is 10.4 Å². The fourth-order valence-electron chi connectivity index (χ4n) is 2.52. The predicted molar refractivity (Wildman–Crippen MR) is 82.3 cm³/mol. The molecule has 0 radical (unpaired) electrons. The molecule has 0 spiro atoms. The maximum Gasteiger partial charge on any atom is 0.255 e. The van der Waals surface area contributed by atoms with E-state index >= 15 is 0 Å². The summed E-state index contributed by atoms with van der Waals surface area (Å²) < 4.78 is 0. The van der Waals surface area contributed by atoms with Crippen molar-refractivity contribution in [2.24, 2.45) is 5.10 Å². The van der Waals surface area contributed by atoms with Gasteiger partial charge in [-0.2, -0.15) is 5.10 Å². The van der Waals surface area contributed by atoms with E-state index in [0.29, 0.717) is 5.95 Å². The molecule has 1 aromatic heterocycles. The Morgan fingerprint density at radius 2 is 2.05 bits per heavy atom. The van der Waals surface area contributed by atoms with Crippen molar-refractivity contribution in [1.82, 2.24) is 9.97 Å². The molecule has 5 nitrogen and oxygen atoms in total. The van der Waals surface area contributed by atoms with Gasteiger partial charge >= 0.3 is 0 Å². The Morgan fingerprint density at radius 1 is 1.30 bits per heavy atom. The number of rotatable bonds is 5. The van der Waals surface area contributed by atoms with Crippen LogP contribution >= 0.6 is 0 Å². The number of anilines is 1. The van der Waals surface area contributed by atoms with E-state index in [1.165, 1.54) is 25.0 Å². The normalized spacial score (nSPS) is 15.2. The van der Waals surface area contributed by atoms with Crippen LogP contribution in [-0.4, -0.2) is 15.7 Å². The van der Waals surface area contributed by atoms with Crippen LogP contribution in [-0.2, 0) is 6.42 Å². The van der Waals surface area contributed by atoms with Crippen LogP contribution < -0.4 is 11.0 Å². The Morgan fingerprint density at radius 3 is 2.70 bits per heavy atom. The number of unbranched alkanes of at least 4 members (excludes halogenated alkanes) is 1. The highest BCUT2D eigenvalue weighted by atomic mass is 16.1. The molecular weight excluding hydrogens is 252 g/mol. The average molecular weight is 276 g/mol. The van der Waals surface area contributed by atoms with Gasteiger partial charge in [-0.1, -0.05) is 19.8 Å². The van der Waals surface area contributed by atoms with Gasteiger partial charge in [0, 0.05) is 17.0 Å². The Hall–Kier alpha value is -1.65. The summed E-state index contributed by atoms with van der Waals surface area (Å²) in [4.78, 5) is 19.2. The quantitative estimate of drug-likeness (QED) is 0.812. The number of hydrogen-bond donors (Lipinski definition) is 2. The highest BCUT2D eigenvalue weighted by Gasteiger charge is 2.09. The van der Waals surface area contributed by atoms with E-state index in [2.05, 4.69) is 27.4 Å². The minimum absolute atomic E-state index is 0.0442. The molecular formula is C15H24N4O. The van der Waals surface area contributed by atoms with E-state index < -0.39 is 0 Å². The Bertz CT molecular complexity index is 525. The highest BCUT2D eigenvalue weighted by Crippen LogP contribution is 2.15. The number of nitrogens with zero attached hydrogens (tertiary/aromatic N) is 2. The van der Waals surface area contributed by atoms with Crippen molar-refractivity contribution in [2.45, 2.75) is 65.2 Å². The van der Waals surface area contributed by atoms with Gasteiger partial charge in [-0.15, -0.1) is 0 Å². The minimum Gasteiger partial charge on any atom is -0.291 e. The highest BCUT2D eigenvalue weighted by molar-refractivity contribution is 5.85. The molecule has 1 aliphatic carbocycles. The number of nitrogens with one attached hydrogen (secondary N) is 2. The summed E-state index contributed by atoms with van der Waals surface area (Å²) in [6.07, 6.45) is 8.68. The fraction of sp³-hybridized carbons (Fsp3) is 0.667. The third-order valence-electron chi connectivity index (χ3n) is 3.75. The van der Waals surface area contributed by atoms with Crippen molar-refractivity contribution < 1.29 is 0 Å². The summed E-state index contributed by atoms with van der Waals surface area (Å²) in [6.45, 7) is 4.01. The van der Waals surface area contributed by atoms with E-state index in [9.17, 15) is 4.79 Å². The third kappa shape index (κ3) is 3.92. The van der Waals surface area contributed by atoms with Crippen molar-refractivity contribution in [3.05, 3.63) is 21.6 Å². The summed E-state index contributed by atoms with van der Waals surface area (Å²) in [5.74, 6) is 0.450. The molecule has 1 aliphatic rings. The van der Waals surface area contributed by atoms with Gasteiger partial charge in [0.25, 0.3) is 5.56 Å². The first-order valence-electron chi connectivity index (χ1n) is 7.62.